The molecule has 0 aliphatic rings. The summed E-state index contributed by atoms with van der Waals surface area (Å²) in [4.78, 5) is 28.8. The molecule has 9 nitrogen and oxygen atoms in total. The number of amides is 1. The van der Waals surface area contributed by atoms with Crippen molar-refractivity contribution in [2.75, 3.05) is 25.9 Å². The zero-order chi connectivity index (χ0) is 25.2. The van der Waals surface area contributed by atoms with Gasteiger partial charge in [-0.05, 0) is 51.2 Å². The number of ether oxygens (including phenoxy) is 1. The molecule has 0 spiro atoms. The van der Waals surface area contributed by atoms with E-state index in [0.717, 1.165) is 12.8 Å². The van der Waals surface area contributed by atoms with Crippen LogP contribution in [-0.2, 0) is 18.9 Å². The van der Waals surface area contributed by atoms with Crippen molar-refractivity contribution < 1.29 is 23.4 Å². The quantitative estimate of drug-likeness (QED) is 0.114. The van der Waals surface area contributed by atoms with Gasteiger partial charge in [0.15, 0.2) is 5.96 Å². The van der Waals surface area contributed by atoms with Crippen molar-refractivity contribution in [3.05, 3.63) is 30.3 Å². The van der Waals surface area contributed by atoms with Crippen LogP contribution in [0.4, 0.5) is 0 Å². The summed E-state index contributed by atoms with van der Waals surface area (Å²) in [5, 5.41) is 2.88. The van der Waals surface area contributed by atoms with E-state index >= 15 is 0 Å². The summed E-state index contributed by atoms with van der Waals surface area (Å²) in [5.41, 5.74) is 10.8. The number of Topliss-reactive ketones (excluding diaryl/α,β-unsaturated/α-hetero) is 1. The van der Waals surface area contributed by atoms with Gasteiger partial charge >= 0.3 is 0 Å². The van der Waals surface area contributed by atoms with Crippen LogP contribution in [0.2, 0.25) is 0 Å². The molecule has 1 aromatic carbocycles. The number of rotatable bonds is 19. The average molecular weight is 497 g/mol. The highest BCUT2D eigenvalue weighted by molar-refractivity contribution is 7.60. The third-order valence-corrected chi connectivity index (χ3v) is 8.03. The number of hydrogen-bond acceptors (Lipinski definition) is 6. The van der Waals surface area contributed by atoms with Gasteiger partial charge in [0.1, 0.15) is 17.3 Å². The maximum atomic E-state index is 13.9. The summed E-state index contributed by atoms with van der Waals surface area (Å²) in [6, 6.07) is 8.94. The van der Waals surface area contributed by atoms with Crippen molar-refractivity contribution in [3.8, 4) is 5.75 Å². The molecule has 0 heterocycles. The van der Waals surface area contributed by atoms with Gasteiger partial charge in [-0.3, -0.25) is 19.1 Å². The maximum Gasteiger partial charge on any atom is 0.269 e. The Bertz CT molecular complexity index is 800. The van der Waals surface area contributed by atoms with Crippen LogP contribution < -0.4 is 21.3 Å². The minimum atomic E-state index is -3.29. The molecule has 1 amide bonds. The topological polar surface area (TPSA) is 146 Å². The highest BCUT2D eigenvalue weighted by Crippen LogP contribution is 2.52. The molecule has 1 rings (SSSR count). The molecule has 5 N–H and O–H groups in total. The normalized spacial score (nSPS) is 13.5. The van der Waals surface area contributed by atoms with Gasteiger partial charge in [-0.2, -0.15) is 0 Å². The van der Waals surface area contributed by atoms with Crippen LogP contribution >= 0.6 is 7.37 Å². The maximum absolute atomic E-state index is 13.9. The van der Waals surface area contributed by atoms with E-state index in [-0.39, 0.29) is 30.5 Å². The van der Waals surface area contributed by atoms with Gasteiger partial charge in [0.05, 0.1) is 0 Å². The first-order valence-electron chi connectivity index (χ1n) is 12.1. The van der Waals surface area contributed by atoms with E-state index in [1.54, 1.807) is 24.3 Å². The van der Waals surface area contributed by atoms with E-state index in [1.807, 2.05) is 19.9 Å². The summed E-state index contributed by atoms with van der Waals surface area (Å²) in [5.74, 6) is -0.506. The fraction of sp³-hybridized carbons (Fsp3) is 0.625. The lowest BCUT2D eigenvalue weighted by Gasteiger charge is -2.28. The highest BCUT2D eigenvalue weighted by Gasteiger charge is 2.35. The van der Waals surface area contributed by atoms with Crippen molar-refractivity contribution in [2.45, 2.75) is 71.0 Å². The van der Waals surface area contributed by atoms with Crippen LogP contribution in [0.15, 0.2) is 35.3 Å². The predicted molar refractivity (Wildman–Crippen MR) is 136 cm³/mol. The van der Waals surface area contributed by atoms with E-state index in [4.69, 9.17) is 20.7 Å². The fourth-order valence-corrected chi connectivity index (χ4v) is 5.95. The van der Waals surface area contributed by atoms with E-state index in [2.05, 4.69) is 10.3 Å². The molecule has 0 aliphatic carbocycles. The smallest absolute Gasteiger partial charge is 0.269 e. The van der Waals surface area contributed by atoms with Crippen LogP contribution in [0.3, 0.4) is 0 Å². The number of aliphatic imine (C=N–C) groups is 1. The molecule has 0 unspecified atom stereocenters. The molecule has 0 saturated carbocycles. The van der Waals surface area contributed by atoms with Crippen molar-refractivity contribution in [1.82, 2.24) is 5.32 Å². The molecule has 2 atom stereocenters. The van der Waals surface area contributed by atoms with Gasteiger partial charge in [-0.25, -0.2) is 0 Å². The van der Waals surface area contributed by atoms with Crippen LogP contribution in [0.5, 0.6) is 5.75 Å². The lowest BCUT2D eigenvalue weighted by molar-refractivity contribution is -0.125. The van der Waals surface area contributed by atoms with Gasteiger partial charge in [-0.15, -0.1) is 0 Å². The minimum absolute atomic E-state index is 0.0161. The third-order valence-electron chi connectivity index (χ3n) is 5.10. The molecule has 0 fully saturated rings. The molecule has 10 heteroatoms. The summed E-state index contributed by atoms with van der Waals surface area (Å²) in [6.07, 6.45) is 4.04. The summed E-state index contributed by atoms with van der Waals surface area (Å²) in [7, 11) is -3.29. The van der Waals surface area contributed by atoms with Crippen LogP contribution in [0.25, 0.3) is 0 Å². The first-order valence-corrected chi connectivity index (χ1v) is 14.0. The number of nitrogens with two attached hydrogens (primary N) is 2. The van der Waals surface area contributed by atoms with Gasteiger partial charge in [-0.1, -0.05) is 25.1 Å². The lowest BCUT2D eigenvalue weighted by atomic mass is 10.1. The minimum Gasteiger partial charge on any atom is -0.441 e. The monoisotopic (exact) mass is 496 g/mol. The number of hydrogen-bond donors (Lipinski definition) is 3. The molecule has 0 aliphatic heterocycles. The SMILES string of the molecule is CCC[P@@](=O)(Oc1ccccc1)[C@H](CCCN=C(N)N)NC(=O)CCC(=O)CCCCOCC. The number of unbranched alkanes of at least 4 members (excludes halogenated alkanes) is 1. The Kier molecular flexibility index (Phi) is 14.9. The molecule has 0 radical (unpaired) electrons. The van der Waals surface area contributed by atoms with Gasteiger partial charge in [0, 0.05) is 45.2 Å². The molecule has 0 aromatic heterocycles. The standard InChI is InChI=1S/C24H41N4O5P/c1-3-19-34(31,33-21-12-6-5-7-13-21)23(14-10-17-27-24(25)26)28-22(30)16-15-20(29)11-8-9-18-32-4-2/h5-7,12-13,23H,3-4,8-11,14-19H2,1-2H3,(H,28,30)(H4,25,26,27)/t23-,34-/m1/s1. The van der Waals surface area contributed by atoms with Crippen LogP contribution in [-0.4, -0.2) is 49.4 Å². The lowest BCUT2D eigenvalue weighted by Crippen LogP contribution is -2.37. The Morgan fingerprint density at radius 2 is 1.79 bits per heavy atom. The zero-order valence-electron chi connectivity index (χ0n) is 20.5. The van der Waals surface area contributed by atoms with Gasteiger partial charge < -0.3 is 26.0 Å². The number of carbonyl (C=O) groups excluding carboxylic acids is 2. The second-order valence-electron chi connectivity index (χ2n) is 8.08. The Morgan fingerprint density at radius 3 is 2.44 bits per heavy atom. The summed E-state index contributed by atoms with van der Waals surface area (Å²) >= 11 is 0. The number of carbonyl (C=O) groups is 2. The number of para-hydroxylation sites is 1. The van der Waals surface area contributed by atoms with Crippen LogP contribution in [0, 0.1) is 0 Å². The molecular formula is C24H41N4O5P. The number of guanidine groups is 1. The first kappa shape index (κ1) is 29.7. The molecular weight excluding hydrogens is 455 g/mol. The second kappa shape index (κ2) is 17.1. The average Bonchev–Trinajstić information content (AvgIpc) is 2.80. The Morgan fingerprint density at radius 1 is 1.06 bits per heavy atom. The largest absolute Gasteiger partial charge is 0.441 e. The van der Waals surface area contributed by atoms with Crippen molar-refractivity contribution in [3.63, 3.8) is 0 Å². The predicted octanol–water partition coefficient (Wildman–Crippen LogP) is 3.81. The summed E-state index contributed by atoms with van der Waals surface area (Å²) in [6.45, 7) is 5.51. The second-order valence-corrected chi connectivity index (χ2v) is 10.8. The third kappa shape index (κ3) is 12.8. The molecule has 0 saturated heterocycles. The van der Waals surface area contributed by atoms with E-state index in [1.165, 1.54) is 0 Å². The van der Waals surface area contributed by atoms with Gasteiger partial charge in [0.2, 0.25) is 5.91 Å². The highest BCUT2D eigenvalue weighted by atomic mass is 31.2. The van der Waals surface area contributed by atoms with E-state index in [0.29, 0.717) is 57.4 Å². The number of nitrogens with one attached hydrogen (secondary N) is 1. The first-order chi connectivity index (χ1) is 16.3. The number of ketones is 1. The van der Waals surface area contributed by atoms with E-state index < -0.39 is 13.2 Å². The Labute approximate surface area is 203 Å². The zero-order valence-corrected chi connectivity index (χ0v) is 21.4. The molecule has 1 aromatic rings. The molecule has 192 valence electrons. The van der Waals surface area contributed by atoms with Crippen molar-refractivity contribution in [1.29, 1.82) is 0 Å². The van der Waals surface area contributed by atoms with Crippen molar-refractivity contribution in [2.24, 2.45) is 16.5 Å². The van der Waals surface area contributed by atoms with Gasteiger partial charge in [0.25, 0.3) is 7.37 Å². The number of benzene rings is 1. The van der Waals surface area contributed by atoms with E-state index in [9.17, 15) is 14.2 Å². The Hall–Kier alpha value is -2.38. The van der Waals surface area contributed by atoms with Crippen LogP contribution in [0.1, 0.15) is 65.2 Å². The molecule has 34 heavy (non-hydrogen) atoms. The molecule has 0 bridgehead atoms. The fourth-order valence-electron chi connectivity index (χ4n) is 3.40. The van der Waals surface area contributed by atoms with Crippen molar-refractivity contribution >= 4 is 25.0 Å². The Balaban J connectivity index is 2.77. The number of nitrogens with zero attached hydrogens (tertiary/aromatic N) is 1. The summed E-state index contributed by atoms with van der Waals surface area (Å²) < 4.78 is 25.2.